The fraction of sp³-hybridized carbons (Fsp3) is 0.357. The Hall–Kier alpha value is -1.95. The monoisotopic (exact) mass is 289 g/mol. The van der Waals surface area contributed by atoms with Crippen LogP contribution in [0.1, 0.15) is 23.2 Å². The van der Waals surface area contributed by atoms with Gasteiger partial charge in [0.25, 0.3) is 0 Å². The number of hydrogen-bond donors (Lipinski definition) is 2. The minimum absolute atomic E-state index is 0.382. The van der Waals surface area contributed by atoms with Crippen molar-refractivity contribution in [3.05, 3.63) is 41.6 Å². The van der Waals surface area contributed by atoms with Crippen molar-refractivity contribution in [2.75, 3.05) is 11.9 Å². The number of aromatic nitrogens is 3. The molecule has 2 aromatic heterocycles. The number of hydrogen-bond acceptors (Lipinski definition) is 4. The Labute approximate surface area is 124 Å². The van der Waals surface area contributed by atoms with E-state index in [9.17, 15) is 0 Å². The third-order valence-electron chi connectivity index (χ3n) is 3.04. The van der Waals surface area contributed by atoms with Gasteiger partial charge in [0, 0.05) is 31.2 Å². The van der Waals surface area contributed by atoms with Gasteiger partial charge in [0.1, 0.15) is 10.8 Å². The Kier molecular flexibility index (Phi) is 4.68. The molecule has 2 aromatic rings. The van der Waals surface area contributed by atoms with E-state index in [1.54, 1.807) is 6.20 Å². The maximum atomic E-state index is 5.79. The van der Waals surface area contributed by atoms with Crippen LogP contribution in [-0.4, -0.2) is 26.1 Å². The van der Waals surface area contributed by atoms with E-state index in [-0.39, 0.29) is 0 Å². The fourth-order valence-corrected chi connectivity index (χ4v) is 2.42. The Morgan fingerprint density at radius 1 is 1.45 bits per heavy atom. The highest BCUT2D eigenvalue weighted by Crippen LogP contribution is 2.18. The van der Waals surface area contributed by atoms with Crippen molar-refractivity contribution in [2.24, 2.45) is 5.73 Å². The van der Waals surface area contributed by atoms with Crippen molar-refractivity contribution < 1.29 is 0 Å². The molecule has 0 saturated carbocycles. The van der Waals surface area contributed by atoms with Crippen LogP contribution in [0, 0.1) is 13.8 Å². The van der Waals surface area contributed by atoms with Gasteiger partial charge in [0.05, 0.1) is 11.9 Å². The fourth-order valence-electron chi connectivity index (χ4n) is 2.16. The first-order valence-corrected chi connectivity index (χ1v) is 6.96. The lowest BCUT2D eigenvalue weighted by atomic mass is 10.1. The van der Waals surface area contributed by atoms with E-state index in [2.05, 4.69) is 15.3 Å². The first-order chi connectivity index (χ1) is 9.58. The second-order valence-corrected chi connectivity index (χ2v) is 5.19. The van der Waals surface area contributed by atoms with Crippen molar-refractivity contribution in [3.8, 4) is 0 Å². The topological polar surface area (TPSA) is 68.8 Å². The molecule has 0 unspecified atom stereocenters. The van der Waals surface area contributed by atoms with Crippen LogP contribution < -0.4 is 11.1 Å². The standard InChI is InChI=1S/C14H19N5S/c1-10-8-11(2)18-14(12(10)13(15)20)17-4-3-6-19-7-5-16-9-19/h5,7-9H,3-4,6H2,1-2H3,(H2,15,20)(H,17,18). The Morgan fingerprint density at radius 3 is 2.90 bits per heavy atom. The summed E-state index contributed by atoms with van der Waals surface area (Å²) in [6.45, 7) is 5.69. The number of nitrogens with one attached hydrogen (secondary N) is 1. The van der Waals surface area contributed by atoms with Gasteiger partial charge in [-0.05, 0) is 31.9 Å². The third-order valence-corrected chi connectivity index (χ3v) is 3.24. The molecule has 0 saturated heterocycles. The average molecular weight is 289 g/mol. The zero-order valence-electron chi connectivity index (χ0n) is 11.8. The molecule has 0 atom stereocenters. The van der Waals surface area contributed by atoms with Gasteiger partial charge in [0.15, 0.2) is 0 Å². The number of rotatable bonds is 6. The molecule has 0 aliphatic rings. The summed E-state index contributed by atoms with van der Waals surface area (Å²) in [6, 6.07) is 1.99. The molecule has 106 valence electrons. The number of aryl methyl sites for hydroxylation is 3. The van der Waals surface area contributed by atoms with Crippen LogP contribution in [0.3, 0.4) is 0 Å². The van der Waals surface area contributed by atoms with Crippen molar-refractivity contribution in [1.29, 1.82) is 0 Å². The molecule has 2 rings (SSSR count). The van der Waals surface area contributed by atoms with Crippen molar-refractivity contribution in [3.63, 3.8) is 0 Å². The second-order valence-electron chi connectivity index (χ2n) is 4.75. The zero-order valence-corrected chi connectivity index (χ0v) is 12.6. The maximum Gasteiger partial charge on any atom is 0.136 e. The minimum atomic E-state index is 0.382. The average Bonchev–Trinajstić information content (AvgIpc) is 2.86. The van der Waals surface area contributed by atoms with Gasteiger partial charge in [-0.25, -0.2) is 9.97 Å². The highest BCUT2D eigenvalue weighted by Gasteiger charge is 2.10. The van der Waals surface area contributed by atoms with Gasteiger partial charge in [0.2, 0.25) is 0 Å². The quantitative estimate of drug-likeness (QED) is 0.629. The van der Waals surface area contributed by atoms with E-state index in [1.807, 2.05) is 37.0 Å². The van der Waals surface area contributed by atoms with Gasteiger partial charge in [-0.1, -0.05) is 12.2 Å². The van der Waals surface area contributed by atoms with Crippen LogP contribution in [0.4, 0.5) is 5.82 Å². The number of imidazole rings is 1. The molecule has 6 heteroatoms. The highest BCUT2D eigenvalue weighted by atomic mass is 32.1. The molecule has 0 radical (unpaired) electrons. The van der Waals surface area contributed by atoms with Crippen molar-refractivity contribution in [1.82, 2.24) is 14.5 Å². The summed E-state index contributed by atoms with van der Waals surface area (Å²) in [6.07, 6.45) is 6.52. The number of anilines is 1. The molecule has 0 aliphatic carbocycles. The second kappa shape index (κ2) is 6.47. The maximum absolute atomic E-state index is 5.79. The van der Waals surface area contributed by atoms with Crippen LogP contribution in [0.2, 0.25) is 0 Å². The summed E-state index contributed by atoms with van der Waals surface area (Å²) in [7, 11) is 0. The summed E-state index contributed by atoms with van der Waals surface area (Å²) in [5.74, 6) is 0.778. The number of nitrogens with two attached hydrogens (primary N) is 1. The predicted octanol–water partition coefficient (Wildman–Crippen LogP) is 2.03. The lowest BCUT2D eigenvalue weighted by molar-refractivity contribution is 0.660. The Bertz CT molecular complexity index is 592. The van der Waals surface area contributed by atoms with Crippen LogP contribution in [0.5, 0.6) is 0 Å². The van der Waals surface area contributed by atoms with Gasteiger partial charge in [-0.3, -0.25) is 0 Å². The summed E-state index contributed by atoms with van der Waals surface area (Å²) in [5, 5.41) is 3.33. The smallest absolute Gasteiger partial charge is 0.136 e. The SMILES string of the molecule is Cc1cc(C)c(C(N)=S)c(NCCCn2ccnc2)n1. The number of pyridine rings is 1. The lowest BCUT2D eigenvalue weighted by Crippen LogP contribution is -2.17. The van der Waals surface area contributed by atoms with Crippen LogP contribution in [0.15, 0.2) is 24.8 Å². The molecule has 0 aromatic carbocycles. The Balaban J connectivity index is 1.99. The highest BCUT2D eigenvalue weighted by molar-refractivity contribution is 7.80. The van der Waals surface area contributed by atoms with E-state index in [0.717, 1.165) is 42.1 Å². The molecule has 0 amide bonds. The molecular weight excluding hydrogens is 270 g/mol. The van der Waals surface area contributed by atoms with Crippen LogP contribution in [0.25, 0.3) is 0 Å². The molecule has 0 bridgehead atoms. The van der Waals surface area contributed by atoms with E-state index in [0.29, 0.717) is 4.99 Å². The van der Waals surface area contributed by atoms with E-state index in [1.165, 1.54) is 0 Å². The number of thiocarbonyl (C=S) groups is 1. The third kappa shape index (κ3) is 3.54. The molecule has 0 aliphatic heterocycles. The van der Waals surface area contributed by atoms with Gasteiger partial charge in [-0.2, -0.15) is 0 Å². The molecule has 20 heavy (non-hydrogen) atoms. The van der Waals surface area contributed by atoms with E-state index in [4.69, 9.17) is 18.0 Å². The van der Waals surface area contributed by atoms with Gasteiger partial charge < -0.3 is 15.6 Å². The van der Waals surface area contributed by atoms with Crippen LogP contribution in [-0.2, 0) is 6.54 Å². The largest absolute Gasteiger partial charge is 0.389 e. The lowest BCUT2D eigenvalue weighted by Gasteiger charge is -2.13. The van der Waals surface area contributed by atoms with E-state index < -0.39 is 0 Å². The number of nitrogens with zero attached hydrogens (tertiary/aromatic N) is 3. The predicted molar refractivity (Wildman–Crippen MR) is 84.9 cm³/mol. The molecule has 3 N–H and O–H groups in total. The molecule has 5 nitrogen and oxygen atoms in total. The van der Waals surface area contributed by atoms with E-state index >= 15 is 0 Å². The minimum Gasteiger partial charge on any atom is -0.389 e. The zero-order chi connectivity index (χ0) is 14.5. The van der Waals surface area contributed by atoms with Crippen molar-refractivity contribution >= 4 is 23.0 Å². The normalized spacial score (nSPS) is 10.5. The summed E-state index contributed by atoms with van der Waals surface area (Å²) < 4.78 is 2.05. The van der Waals surface area contributed by atoms with Crippen LogP contribution >= 0.6 is 12.2 Å². The summed E-state index contributed by atoms with van der Waals surface area (Å²) >= 11 is 5.11. The molecular formula is C14H19N5S. The first-order valence-electron chi connectivity index (χ1n) is 6.55. The molecule has 0 spiro atoms. The molecule has 0 fully saturated rings. The Morgan fingerprint density at radius 2 is 2.25 bits per heavy atom. The van der Waals surface area contributed by atoms with Gasteiger partial charge in [-0.15, -0.1) is 0 Å². The summed E-state index contributed by atoms with van der Waals surface area (Å²) in [4.78, 5) is 8.89. The first kappa shape index (κ1) is 14.5. The summed E-state index contributed by atoms with van der Waals surface area (Å²) in [5.41, 5.74) is 8.64. The van der Waals surface area contributed by atoms with Gasteiger partial charge >= 0.3 is 0 Å². The van der Waals surface area contributed by atoms with Crippen molar-refractivity contribution in [2.45, 2.75) is 26.8 Å². The molecule has 2 heterocycles.